The fourth-order valence-corrected chi connectivity index (χ4v) is 3.21. The van der Waals surface area contributed by atoms with Crippen LogP contribution < -0.4 is 0 Å². The van der Waals surface area contributed by atoms with Gasteiger partial charge in [-0.3, -0.25) is 4.98 Å². The molecule has 0 saturated heterocycles. The molecule has 0 unspecified atom stereocenters. The first-order valence-corrected chi connectivity index (χ1v) is 7.46. The molecule has 4 rings (SSSR count). The molecule has 2 aromatic carbocycles. The molecule has 1 N–H and O–H groups in total. The van der Waals surface area contributed by atoms with Crippen molar-refractivity contribution in [1.29, 1.82) is 0 Å². The van der Waals surface area contributed by atoms with Gasteiger partial charge in [0.05, 0.1) is 11.0 Å². The third kappa shape index (κ3) is 1.70. The third-order valence-corrected chi connectivity index (χ3v) is 4.35. The number of pyridine rings is 1. The summed E-state index contributed by atoms with van der Waals surface area (Å²) in [5.74, 6) is 0. The van der Waals surface area contributed by atoms with Crippen molar-refractivity contribution in [2.45, 2.75) is 0 Å². The van der Waals surface area contributed by atoms with E-state index in [0.717, 1.165) is 36.3 Å². The van der Waals surface area contributed by atoms with Crippen LogP contribution >= 0.6 is 31.9 Å². The van der Waals surface area contributed by atoms with E-state index >= 15 is 0 Å². The van der Waals surface area contributed by atoms with Gasteiger partial charge in [-0.05, 0) is 36.4 Å². The maximum absolute atomic E-state index is 4.55. The van der Waals surface area contributed by atoms with Gasteiger partial charge in [-0.1, -0.05) is 31.9 Å². The van der Waals surface area contributed by atoms with Crippen LogP contribution in [0.1, 0.15) is 0 Å². The Balaban J connectivity index is 2.27. The molecular formula is C15H8Br2N2. The molecule has 0 bridgehead atoms. The Kier molecular flexibility index (Phi) is 2.44. The van der Waals surface area contributed by atoms with Crippen LogP contribution in [-0.2, 0) is 0 Å². The Hall–Kier alpha value is -1.39. The molecule has 0 aliphatic carbocycles. The molecular weight excluding hydrogens is 368 g/mol. The SMILES string of the molecule is Brc1ccc2[nH]c3c4cc(Br)ccc4ncc3c2c1. The highest BCUT2D eigenvalue weighted by atomic mass is 79.9. The van der Waals surface area contributed by atoms with E-state index in [4.69, 9.17) is 0 Å². The average molecular weight is 376 g/mol. The zero-order valence-corrected chi connectivity index (χ0v) is 12.9. The standard InChI is InChI=1S/C15H8Br2N2/c16-8-2-4-14-10(5-8)12-7-18-13-3-1-9(17)6-11(13)15(12)19-14/h1-7,19H. The monoisotopic (exact) mass is 374 g/mol. The van der Waals surface area contributed by atoms with E-state index < -0.39 is 0 Å². The van der Waals surface area contributed by atoms with Crippen LogP contribution in [0.4, 0.5) is 0 Å². The van der Waals surface area contributed by atoms with Crippen LogP contribution in [0.5, 0.6) is 0 Å². The highest BCUT2D eigenvalue weighted by Gasteiger charge is 2.09. The molecule has 0 saturated carbocycles. The van der Waals surface area contributed by atoms with Gasteiger partial charge in [-0.25, -0.2) is 0 Å². The molecule has 2 aromatic heterocycles. The van der Waals surface area contributed by atoms with Gasteiger partial charge in [0.2, 0.25) is 0 Å². The second-order valence-corrected chi connectivity index (χ2v) is 6.35. The molecule has 2 nitrogen and oxygen atoms in total. The maximum Gasteiger partial charge on any atom is 0.0724 e. The van der Waals surface area contributed by atoms with Crippen molar-refractivity contribution in [3.63, 3.8) is 0 Å². The maximum atomic E-state index is 4.55. The number of nitrogens with zero attached hydrogens (tertiary/aromatic N) is 1. The summed E-state index contributed by atoms with van der Waals surface area (Å²) in [5, 5.41) is 3.49. The van der Waals surface area contributed by atoms with Crippen molar-refractivity contribution >= 4 is 64.6 Å². The molecule has 0 fully saturated rings. The van der Waals surface area contributed by atoms with E-state index in [-0.39, 0.29) is 0 Å². The van der Waals surface area contributed by atoms with Gasteiger partial charge in [-0.2, -0.15) is 0 Å². The minimum atomic E-state index is 1.00. The highest BCUT2D eigenvalue weighted by molar-refractivity contribution is 9.10. The van der Waals surface area contributed by atoms with E-state index in [1.54, 1.807) is 0 Å². The number of halogens is 2. The first-order chi connectivity index (χ1) is 9.22. The Labute approximate surface area is 126 Å². The summed E-state index contributed by atoms with van der Waals surface area (Å²) in [6, 6.07) is 12.4. The summed E-state index contributed by atoms with van der Waals surface area (Å²) in [7, 11) is 0. The van der Waals surface area contributed by atoms with Gasteiger partial charge in [0.15, 0.2) is 0 Å². The zero-order valence-electron chi connectivity index (χ0n) is 9.74. The number of H-pyrrole nitrogens is 1. The molecule has 0 radical (unpaired) electrons. The Bertz CT molecular complexity index is 941. The fourth-order valence-electron chi connectivity index (χ4n) is 2.49. The molecule has 19 heavy (non-hydrogen) atoms. The quantitative estimate of drug-likeness (QED) is 0.438. The van der Waals surface area contributed by atoms with E-state index in [2.05, 4.69) is 60.0 Å². The van der Waals surface area contributed by atoms with Crippen molar-refractivity contribution < 1.29 is 0 Å². The predicted molar refractivity (Wildman–Crippen MR) is 86.5 cm³/mol. The van der Waals surface area contributed by atoms with Crippen LogP contribution in [0.2, 0.25) is 0 Å². The summed E-state index contributed by atoms with van der Waals surface area (Å²) in [5.41, 5.74) is 3.27. The van der Waals surface area contributed by atoms with Gasteiger partial charge in [0.25, 0.3) is 0 Å². The number of aromatic amines is 1. The number of aromatic nitrogens is 2. The van der Waals surface area contributed by atoms with Crippen molar-refractivity contribution in [3.05, 3.63) is 51.5 Å². The summed E-state index contributed by atoms with van der Waals surface area (Å²) in [4.78, 5) is 8.04. The Morgan fingerprint density at radius 2 is 1.58 bits per heavy atom. The minimum absolute atomic E-state index is 1.00. The van der Waals surface area contributed by atoms with Crippen molar-refractivity contribution in [2.75, 3.05) is 0 Å². The smallest absolute Gasteiger partial charge is 0.0724 e. The van der Waals surface area contributed by atoms with Gasteiger partial charge in [0, 0.05) is 36.8 Å². The molecule has 2 heterocycles. The number of nitrogens with one attached hydrogen (secondary N) is 1. The van der Waals surface area contributed by atoms with Crippen LogP contribution in [0, 0.1) is 0 Å². The molecule has 92 valence electrons. The van der Waals surface area contributed by atoms with Crippen LogP contribution in [0.25, 0.3) is 32.7 Å². The summed E-state index contributed by atoms with van der Waals surface area (Å²) in [6.07, 6.45) is 1.94. The molecule has 4 aromatic rings. The van der Waals surface area contributed by atoms with Crippen molar-refractivity contribution in [2.24, 2.45) is 0 Å². The predicted octanol–water partition coefficient (Wildman–Crippen LogP) is 5.39. The van der Waals surface area contributed by atoms with Crippen molar-refractivity contribution in [3.8, 4) is 0 Å². The third-order valence-electron chi connectivity index (χ3n) is 3.36. The first kappa shape index (κ1) is 11.4. The summed E-state index contributed by atoms with van der Waals surface area (Å²) in [6.45, 7) is 0. The number of hydrogen-bond acceptors (Lipinski definition) is 1. The number of rotatable bonds is 0. The lowest BCUT2D eigenvalue weighted by Gasteiger charge is -1.99. The number of benzene rings is 2. The van der Waals surface area contributed by atoms with E-state index in [1.165, 1.54) is 5.39 Å². The van der Waals surface area contributed by atoms with E-state index in [1.807, 2.05) is 24.4 Å². The molecule has 0 aliphatic rings. The van der Waals surface area contributed by atoms with Crippen LogP contribution in [0.3, 0.4) is 0 Å². The Morgan fingerprint density at radius 1 is 0.842 bits per heavy atom. The molecule has 0 atom stereocenters. The van der Waals surface area contributed by atoms with Crippen molar-refractivity contribution in [1.82, 2.24) is 9.97 Å². The fraction of sp³-hybridized carbons (Fsp3) is 0. The lowest BCUT2D eigenvalue weighted by molar-refractivity contribution is 1.44. The molecule has 0 spiro atoms. The normalized spacial score (nSPS) is 11.7. The van der Waals surface area contributed by atoms with Crippen LogP contribution in [0.15, 0.2) is 51.5 Å². The Morgan fingerprint density at radius 3 is 2.42 bits per heavy atom. The van der Waals surface area contributed by atoms with Gasteiger partial charge >= 0.3 is 0 Å². The van der Waals surface area contributed by atoms with Gasteiger partial charge < -0.3 is 4.98 Å². The topological polar surface area (TPSA) is 28.7 Å². The average Bonchev–Trinajstić information content (AvgIpc) is 2.77. The molecule has 4 heteroatoms. The largest absolute Gasteiger partial charge is 0.354 e. The summed E-state index contributed by atoms with van der Waals surface area (Å²) < 4.78 is 2.14. The first-order valence-electron chi connectivity index (χ1n) is 5.87. The second kappa shape index (κ2) is 4.05. The van der Waals surface area contributed by atoms with Gasteiger partial charge in [0.1, 0.15) is 0 Å². The minimum Gasteiger partial charge on any atom is -0.354 e. The molecule has 0 amide bonds. The number of fused-ring (bicyclic) bond motifs is 5. The second-order valence-electron chi connectivity index (χ2n) is 4.52. The number of hydrogen-bond donors (Lipinski definition) is 1. The zero-order chi connectivity index (χ0) is 13.0. The lowest BCUT2D eigenvalue weighted by atomic mass is 10.1. The summed E-state index contributed by atoms with van der Waals surface area (Å²) >= 11 is 7.05. The highest BCUT2D eigenvalue weighted by Crippen LogP contribution is 2.32. The lowest BCUT2D eigenvalue weighted by Crippen LogP contribution is -1.80. The van der Waals surface area contributed by atoms with E-state index in [0.29, 0.717) is 0 Å². The van der Waals surface area contributed by atoms with Crippen LogP contribution in [-0.4, -0.2) is 9.97 Å². The van der Waals surface area contributed by atoms with E-state index in [9.17, 15) is 0 Å². The molecule has 0 aliphatic heterocycles. The van der Waals surface area contributed by atoms with Gasteiger partial charge in [-0.15, -0.1) is 0 Å².